The molecular weight excluding hydrogens is 556 g/mol. The minimum Gasteiger partial charge on any atom is -0.493 e. The van der Waals surface area contributed by atoms with E-state index in [1.165, 1.54) is 4.90 Å². The Kier molecular flexibility index (Phi) is 10.6. The molecule has 1 atom stereocenters. The minimum absolute atomic E-state index is 0.107. The number of carbonyl (C=O) groups is 3. The number of fused-ring (bicyclic) bond motifs is 1. The van der Waals surface area contributed by atoms with E-state index in [9.17, 15) is 14.4 Å². The summed E-state index contributed by atoms with van der Waals surface area (Å²) in [5, 5.41) is 4.36. The van der Waals surface area contributed by atoms with Gasteiger partial charge in [-0.3, -0.25) is 14.4 Å². The summed E-state index contributed by atoms with van der Waals surface area (Å²) in [6, 6.07) is 13.9. The molecule has 224 valence electrons. The van der Waals surface area contributed by atoms with E-state index >= 15 is 0 Å². The molecule has 0 aliphatic carbocycles. The number of halogens is 1. The Bertz CT molecular complexity index is 1370. The average molecular weight is 595 g/mol. The van der Waals surface area contributed by atoms with E-state index in [0.29, 0.717) is 91.7 Å². The lowest BCUT2D eigenvalue weighted by Gasteiger charge is -2.31. The number of amides is 3. The highest BCUT2D eigenvalue weighted by Gasteiger charge is 2.32. The number of aryl methyl sites for hydroxylation is 2. The lowest BCUT2D eigenvalue weighted by atomic mass is 10.0. The number of benzene rings is 2. The molecule has 1 aromatic heterocycles. The zero-order valence-corrected chi connectivity index (χ0v) is 25.5. The molecule has 0 saturated carbocycles. The Morgan fingerprint density at radius 2 is 1.67 bits per heavy atom. The zero-order chi connectivity index (χ0) is 30.2. The van der Waals surface area contributed by atoms with Gasteiger partial charge in [0, 0.05) is 45.2 Å². The number of rotatable bonds is 3. The summed E-state index contributed by atoms with van der Waals surface area (Å²) >= 11 is 6.30. The summed E-state index contributed by atoms with van der Waals surface area (Å²) in [4.78, 5) is 46.1. The predicted octanol–water partition coefficient (Wildman–Crippen LogP) is 5.18. The van der Waals surface area contributed by atoms with Crippen LogP contribution >= 0.6 is 11.6 Å². The van der Waals surface area contributed by atoms with Gasteiger partial charge in [0.2, 0.25) is 5.91 Å². The first-order valence-electron chi connectivity index (χ1n) is 14.4. The smallest absolute Gasteiger partial charge is 0.259 e. The van der Waals surface area contributed by atoms with Crippen LogP contribution in [0.25, 0.3) is 0 Å². The van der Waals surface area contributed by atoms with Gasteiger partial charge in [0.25, 0.3) is 11.8 Å². The first-order chi connectivity index (χ1) is 20.2. The molecule has 0 saturated heterocycles. The third-order valence-corrected chi connectivity index (χ3v) is 7.91. The number of nitrogens with zero attached hydrogens (tertiary/aromatic N) is 4. The summed E-state index contributed by atoms with van der Waals surface area (Å²) in [6.45, 7) is 5.44. The molecule has 0 unspecified atom stereocenters. The fourth-order valence-electron chi connectivity index (χ4n) is 5.22. The van der Waals surface area contributed by atoms with Crippen LogP contribution in [0.3, 0.4) is 0 Å². The fraction of sp³-hybridized carbons (Fsp3) is 0.438. The van der Waals surface area contributed by atoms with Crippen molar-refractivity contribution in [3.63, 3.8) is 0 Å². The molecule has 0 spiro atoms. The highest BCUT2D eigenvalue weighted by atomic mass is 35.5. The van der Waals surface area contributed by atoms with Crippen molar-refractivity contribution in [1.82, 2.24) is 19.9 Å². The van der Waals surface area contributed by atoms with E-state index in [1.54, 1.807) is 51.0 Å². The summed E-state index contributed by atoms with van der Waals surface area (Å²) in [6.07, 6.45) is 3.16. The van der Waals surface area contributed by atoms with Crippen molar-refractivity contribution in [2.45, 2.75) is 52.0 Å². The largest absolute Gasteiger partial charge is 0.493 e. The van der Waals surface area contributed by atoms with Crippen LogP contribution in [0.15, 0.2) is 53.1 Å². The van der Waals surface area contributed by atoms with Crippen molar-refractivity contribution in [3.8, 4) is 5.75 Å². The molecule has 2 aromatic carbocycles. The second-order valence-corrected chi connectivity index (χ2v) is 11.2. The van der Waals surface area contributed by atoms with Gasteiger partial charge in [0.15, 0.2) is 0 Å². The molecule has 0 radical (unpaired) electrons. The van der Waals surface area contributed by atoms with E-state index in [-0.39, 0.29) is 17.7 Å². The van der Waals surface area contributed by atoms with Gasteiger partial charge in [-0.25, -0.2) is 0 Å². The van der Waals surface area contributed by atoms with Gasteiger partial charge < -0.3 is 24.0 Å². The Morgan fingerprint density at radius 1 is 0.976 bits per heavy atom. The molecule has 42 heavy (non-hydrogen) atoms. The molecule has 0 bridgehead atoms. The first kappa shape index (κ1) is 31.1. The van der Waals surface area contributed by atoms with Crippen molar-refractivity contribution < 1.29 is 23.6 Å². The molecule has 0 N–H and O–H groups in total. The minimum atomic E-state index is -0.731. The number of ether oxygens (including phenoxy) is 1. The van der Waals surface area contributed by atoms with Gasteiger partial charge in [0.1, 0.15) is 23.1 Å². The zero-order valence-electron chi connectivity index (χ0n) is 24.8. The molecule has 3 aromatic rings. The molecule has 0 fully saturated rings. The van der Waals surface area contributed by atoms with E-state index in [0.717, 1.165) is 5.56 Å². The average Bonchev–Trinajstić information content (AvgIpc) is 3.33. The topological polar surface area (TPSA) is 96.2 Å². The lowest BCUT2D eigenvalue weighted by molar-refractivity contribution is -0.134. The SMILES string of the molecule is Cc1noc(C)c1C(=O)N1CCCCOc2ccc(Cl)cc2C(=O)N(C)[C@@H](Cc2ccccc2)C(=O)N(C)CCCC1. The van der Waals surface area contributed by atoms with Crippen molar-refractivity contribution in [2.24, 2.45) is 0 Å². The van der Waals surface area contributed by atoms with Gasteiger partial charge in [-0.15, -0.1) is 0 Å². The van der Waals surface area contributed by atoms with E-state index < -0.39 is 6.04 Å². The van der Waals surface area contributed by atoms with E-state index in [2.05, 4.69) is 5.16 Å². The summed E-state index contributed by atoms with van der Waals surface area (Å²) in [5.41, 5.74) is 2.33. The number of likely N-dealkylation sites (N-methyl/N-ethyl adjacent to an activating group) is 2. The highest BCUT2D eigenvalue weighted by molar-refractivity contribution is 6.31. The number of hydrogen-bond acceptors (Lipinski definition) is 6. The van der Waals surface area contributed by atoms with Crippen LogP contribution in [0.5, 0.6) is 5.75 Å². The summed E-state index contributed by atoms with van der Waals surface area (Å²) in [5.74, 6) is 0.305. The molecule has 2 heterocycles. The second kappa shape index (κ2) is 14.4. The molecule has 9 nitrogen and oxygen atoms in total. The molecule has 10 heteroatoms. The van der Waals surface area contributed by atoms with E-state index in [4.69, 9.17) is 20.9 Å². The van der Waals surface area contributed by atoms with Crippen LogP contribution < -0.4 is 4.74 Å². The van der Waals surface area contributed by atoms with Crippen LogP contribution in [-0.4, -0.2) is 84.0 Å². The number of carbonyl (C=O) groups excluding carboxylic acids is 3. The molecule has 1 aliphatic heterocycles. The van der Waals surface area contributed by atoms with Crippen molar-refractivity contribution >= 4 is 29.3 Å². The van der Waals surface area contributed by atoms with Gasteiger partial charge in [-0.1, -0.05) is 47.1 Å². The van der Waals surface area contributed by atoms with Gasteiger partial charge in [-0.2, -0.15) is 0 Å². The maximum absolute atomic E-state index is 13.8. The molecular formula is C32H39ClN4O5. The standard InChI is InChI=1S/C32H39ClN4O5/c1-22-29(23(2)42-34-22)32(40)37-17-9-8-16-35(3)31(39)27(20-24-12-6-5-7-13-24)36(4)30(38)26-21-25(33)14-15-28(26)41-19-11-10-18-37/h5-7,12-15,21,27H,8-11,16-20H2,1-4H3/t27-/m0/s1. The van der Waals surface area contributed by atoms with E-state index in [1.807, 2.05) is 35.2 Å². The Balaban J connectivity index is 1.61. The Labute approximate surface area is 252 Å². The van der Waals surface area contributed by atoms with Crippen molar-refractivity contribution in [2.75, 3.05) is 40.3 Å². The first-order valence-corrected chi connectivity index (χ1v) is 14.8. The van der Waals surface area contributed by atoms with Crippen LogP contribution in [0.1, 0.15) is 63.4 Å². The summed E-state index contributed by atoms with van der Waals surface area (Å²) in [7, 11) is 3.41. The van der Waals surface area contributed by atoms with Crippen molar-refractivity contribution in [3.05, 3.63) is 81.7 Å². The van der Waals surface area contributed by atoms with Gasteiger partial charge in [0.05, 0.1) is 17.9 Å². The normalized spacial score (nSPS) is 17.9. The maximum Gasteiger partial charge on any atom is 0.259 e. The summed E-state index contributed by atoms with van der Waals surface area (Å²) < 4.78 is 11.3. The number of aromatic nitrogens is 1. The monoisotopic (exact) mass is 594 g/mol. The molecule has 3 amide bonds. The Hall–Kier alpha value is -3.85. The highest BCUT2D eigenvalue weighted by Crippen LogP contribution is 2.26. The quantitative estimate of drug-likeness (QED) is 0.414. The van der Waals surface area contributed by atoms with Crippen molar-refractivity contribution in [1.29, 1.82) is 0 Å². The van der Waals surface area contributed by atoms with Crippen LogP contribution in [0, 0.1) is 13.8 Å². The van der Waals surface area contributed by atoms with Gasteiger partial charge >= 0.3 is 0 Å². The third-order valence-electron chi connectivity index (χ3n) is 7.68. The number of hydrogen-bond donors (Lipinski definition) is 0. The van der Waals surface area contributed by atoms with Crippen LogP contribution in [0.2, 0.25) is 5.02 Å². The predicted molar refractivity (Wildman–Crippen MR) is 161 cm³/mol. The van der Waals surface area contributed by atoms with Gasteiger partial charge in [-0.05, 0) is 63.3 Å². The molecule has 1 aliphatic rings. The van der Waals surface area contributed by atoms with Crippen LogP contribution in [-0.2, 0) is 11.2 Å². The fourth-order valence-corrected chi connectivity index (χ4v) is 5.39. The molecule has 4 rings (SSSR count). The third kappa shape index (κ3) is 7.50. The second-order valence-electron chi connectivity index (χ2n) is 10.8. The Morgan fingerprint density at radius 3 is 2.36 bits per heavy atom. The lowest BCUT2D eigenvalue weighted by Crippen LogP contribution is -2.49. The van der Waals surface area contributed by atoms with Crippen LogP contribution in [0.4, 0.5) is 0 Å². The maximum atomic E-state index is 13.8.